The fourth-order valence-electron chi connectivity index (χ4n) is 1.47. The molecule has 0 fully saturated rings. The average Bonchev–Trinajstić information content (AvgIpc) is 2.31. The summed E-state index contributed by atoms with van der Waals surface area (Å²) in [5, 5.41) is 10.0. The van der Waals surface area contributed by atoms with Crippen LogP contribution >= 0.6 is 0 Å². The second-order valence-electron chi connectivity index (χ2n) is 4.25. The largest absolute Gasteiger partial charge is 0.546 e. The smallest absolute Gasteiger partial charge is 0.457 e. The first-order chi connectivity index (χ1) is 10.4. The summed E-state index contributed by atoms with van der Waals surface area (Å²) in [6.07, 6.45) is -24.0. The summed E-state index contributed by atoms with van der Waals surface area (Å²) in [6.45, 7) is 0. The lowest BCUT2D eigenvalue weighted by Crippen LogP contribution is -2.82. The lowest BCUT2D eigenvalue weighted by atomic mass is 9.74. The molecule has 0 aliphatic carbocycles. The molecule has 0 spiro atoms. The third-order valence-corrected chi connectivity index (χ3v) is 2.72. The molecule has 0 aromatic rings. The maximum absolute atomic E-state index is 13.7. The van der Waals surface area contributed by atoms with Crippen molar-refractivity contribution in [1.29, 1.82) is 0 Å². The van der Waals surface area contributed by atoms with Gasteiger partial charge < -0.3 is 9.90 Å². The van der Waals surface area contributed by atoms with Crippen LogP contribution in [0.3, 0.4) is 0 Å². The highest BCUT2D eigenvalue weighted by atomic mass is 19.4. The van der Waals surface area contributed by atoms with E-state index in [1.54, 1.807) is 0 Å². The van der Waals surface area contributed by atoms with Gasteiger partial charge in [0, 0.05) is 0 Å². The monoisotopic (exact) mass is 413 g/mol. The molecule has 0 saturated heterocycles. The second-order valence-corrected chi connectivity index (χ2v) is 4.25. The highest BCUT2D eigenvalue weighted by Crippen LogP contribution is 2.64. The quantitative estimate of drug-likeness (QED) is 0.665. The summed E-state index contributed by atoms with van der Waals surface area (Å²) in [7, 11) is 0. The molecule has 0 heterocycles. The van der Waals surface area contributed by atoms with Crippen molar-refractivity contribution in [3.63, 3.8) is 0 Å². The van der Waals surface area contributed by atoms with Gasteiger partial charge in [0.05, 0.1) is 5.97 Å². The van der Waals surface area contributed by atoms with E-state index in [2.05, 4.69) is 0 Å². The minimum atomic E-state index is -8.75. The fraction of sp³-hybridized carbons (Fsp3) is 0.875. The van der Waals surface area contributed by atoms with Crippen molar-refractivity contribution < 1.29 is 75.8 Å². The number of halogens is 15. The van der Waals surface area contributed by atoms with E-state index < -0.39 is 47.7 Å². The Morgan fingerprint density at radius 2 is 0.760 bits per heavy atom. The topological polar surface area (TPSA) is 40.1 Å². The number of rotatable bonds is 4. The van der Waals surface area contributed by atoms with Crippen LogP contribution in [-0.2, 0) is 4.79 Å². The van der Waals surface area contributed by atoms with Gasteiger partial charge in [-0.2, -0.15) is 57.1 Å². The van der Waals surface area contributed by atoms with Crippen LogP contribution in [0.15, 0.2) is 0 Å². The average molecular weight is 413 g/mol. The maximum Gasteiger partial charge on any atom is 0.457 e. The zero-order valence-corrected chi connectivity index (χ0v) is 10.5. The van der Waals surface area contributed by atoms with E-state index >= 15 is 0 Å². The Balaban J connectivity index is 7.41. The summed E-state index contributed by atoms with van der Waals surface area (Å²) in [4.78, 5) is 10.0. The van der Waals surface area contributed by atoms with Gasteiger partial charge in [0.2, 0.25) is 0 Å². The van der Waals surface area contributed by atoms with Crippen molar-refractivity contribution in [3.05, 3.63) is 0 Å². The molecule has 0 N–H and O–H groups in total. The molecule has 0 saturated carbocycles. The van der Waals surface area contributed by atoms with Crippen LogP contribution in [0.4, 0.5) is 65.9 Å². The fourth-order valence-corrected chi connectivity index (χ4v) is 1.47. The van der Waals surface area contributed by atoms with E-state index in [1.807, 2.05) is 0 Å². The molecule has 0 aliphatic heterocycles. The molecule has 1 unspecified atom stereocenters. The van der Waals surface area contributed by atoms with Gasteiger partial charge in [0.15, 0.2) is 0 Å². The van der Waals surface area contributed by atoms with Gasteiger partial charge in [0.25, 0.3) is 5.67 Å². The van der Waals surface area contributed by atoms with E-state index in [1.165, 1.54) is 0 Å². The Morgan fingerprint density at radius 1 is 0.520 bits per heavy atom. The van der Waals surface area contributed by atoms with Gasteiger partial charge in [-0.15, -0.1) is 0 Å². The molecule has 2 nitrogen and oxygen atoms in total. The number of aliphatic carboxylic acids is 1. The second kappa shape index (κ2) is 5.46. The summed E-state index contributed by atoms with van der Waals surface area (Å²) in [5.74, 6) is -22.1. The minimum Gasteiger partial charge on any atom is -0.546 e. The van der Waals surface area contributed by atoms with Crippen molar-refractivity contribution in [3.8, 4) is 0 Å². The van der Waals surface area contributed by atoms with Gasteiger partial charge in [-0.1, -0.05) is 0 Å². The third-order valence-electron chi connectivity index (χ3n) is 2.72. The van der Waals surface area contributed by atoms with E-state index in [9.17, 15) is 75.8 Å². The molecule has 17 heteroatoms. The number of hydrogen-bond acceptors (Lipinski definition) is 2. The molecule has 0 bridgehead atoms. The van der Waals surface area contributed by atoms with Crippen molar-refractivity contribution in [2.75, 3.05) is 0 Å². The van der Waals surface area contributed by atoms with Crippen LogP contribution in [-0.4, -0.2) is 47.7 Å². The Labute approximate surface area is 125 Å². The molecule has 0 amide bonds. The van der Waals surface area contributed by atoms with Crippen LogP contribution in [0.5, 0.6) is 0 Å². The van der Waals surface area contributed by atoms with Crippen molar-refractivity contribution in [2.24, 2.45) is 0 Å². The summed E-state index contributed by atoms with van der Waals surface area (Å²) in [5.41, 5.74) is -16.9. The van der Waals surface area contributed by atoms with Crippen LogP contribution in [0.25, 0.3) is 0 Å². The number of alkyl halides is 15. The maximum atomic E-state index is 13.7. The molecule has 0 aliphatic rings. The van der Waals surface area contributed by atoms with E-state index in [0.29, 0.717) is 0 Å². The van der Waals surface area contributed by atoms with Crippen LogP contribution in [0.1, 0.15) is 0 Å². The Bertz CT molecular complexity index is 499. The molecule has 25 heavy (non-hydrogen) atoms. The normalized spacial score (nSPS) is 18.0. The zero-order chi connectivity index (χ0) is 21.1. The summed E-state index contributed by atoms with van der Waals surface area (Å²) < 4.78 is 187. The number of carboxylic acids is 1. The minimum absolute atomic E-state index is 5.07. The van der Waals surface area contributed by atoms with E-state index in [-0.39, 0.29) is 0 Å². The van der Waals surface area contributed by atoms with Crippen molar-refractivity contribution in [2.45, 2.75) is 41.7 Å². The van der Waals surface area contributed by atoms with Gasteiger partial charge in [-0.3, -0.25) is 0 Å². The number of hydrogen-bond donors (Lipinski definition) is 0. The van der Waals surface area contributed by atoms with Gasteiger partial charge in [-0.25, -0.2) is 8.78 Å². The highest BCUT2D eigenvalue weighted by Gasteiger charge is 2.96. The lowest BCUT2D eigenvalue weighted by Gasteiger charge is -2.47. The van der Waals surface area contributed by atoms with Gasteiger partial charge in [0.1, 0.15) is 0 Å². The number of carbonyl (C=O) groups is 1. The first kappa shape index (κ1) is 23.4. The third kappa shape index (κ3) is 2.74. The standard InChI is InChI=1S/C8HF15O2/c9-2(1(24)25,6(15,16)17)3(10,4(11,12)7(18,19)20)5(13,14)8(21,22)23/h(H,24,25)/p-1. The predicted molar refractivity (Wildman–Crippen MR) is 40.7 cm³/mol. The zero-order valence-electron chi connectivity index (χ0n) is 10.5. The van der Waals surface area contributed by atoms with Crippen molar-refractivity contribution >= 4 is 5.97 Å². The SMILES string of the molecule is O=C([O-])C(F)(C(F)(F)F)C(F)(C(F)(F)C(F)(F)F)C(F)(F)C(F)(F)F. The Kier molecular flexibility index (Phi) is 5.11. The molecular formula is C8F15O2-. The predicted octanol–water partition coefficient (Wildman–Crippen LogP) is 3.11. The molecule has 0 aromatic heterocycles. The Hall–Kier alpha value is -1.58. The summed E-state index contributed by atoms with van der Waals surface area (Å²) in [6, 6.07) is 0. The molecule has 0 radical (unpaired) electrons. The van der Waals surface area contributed by atoms with Crippen LogP contribution in [0, 0.1) is 0 Å². The molecule has 1 atom stereocenters. The van der Waals surface area contributed by atoms with Crippen molar-refractivity contribution in [1.82, 2.24) is 0 Å². The van der Waals surface area contributed by atoms with E-state index in [0.717, 1.165) is 0 Å². The first-order valence-electron chi connectivity index (χ1n) is 4.99. The van der Waals surface area contributed by atoms with Crippen LogP contribution in [0.2, 0.25) is 0 Å². The van der Waals surface area contributed by atoms with Gasteiger partial charge in [-0.05, 0) is 0 Å². The molecule has 0 rings (SSSR count). The number of carboxylic acid groups (broad SMARTS) is 1. The van der Waals surface area contributed by atoms with E-state index in [4.69, 9.17) is 0 Å². The first-order valence-corrected chi connectivity index (χ1v) is 4.99. The summed E-state index contributed by atoms with van der Waals surface area (Å²) >= 11 is 0. The van der Waals surface area contributed by atoms with Crippen LogP contribution < -0.4 is 5.11 Å². The molecule has 0 aromatic carbocycles. The van der Waals surface area contributed by atoms with Gasteiger partial charge >= 0.3 is 36.0 Å². The number of carbonyl (C=O) groups excluding carboxylic acids is 1. The molecular weight excluding hydrogens is 413 g/mol. The Morgan fingerprint density at radius 3 is 0.880 bits per heavy atom. The molecule has 150 valence electrons. The lowest BCUT2D eigenvalue weighted by molar-refractivity contribution is -0.455. The highest BCUT2D eigenvalue weighted by molar-refractivity contribution is 5.79.